The largest absolute Gasteiger partial charge is 0.469 e. The Morgan fingerprint density at radius 2 is 1.59 bits per heavy atom. The number of benzene rings is 3. The van der Waals surface area contributed by atoms with E-state index in [9.17, 15) is 14.0 Å². The molecule has 5 nitrogen and oxygen atoms in total. The van der Waals surface area contributed by atoms with E-state index in [2.05, 4.69) is 10.6 Å². The fourth-order valence-corrected chi connectivity index (χ4v) is 3.35. The summed E-state index contributed by atoms with van der Waals surface area (Å²) in [5, 5.41) is 5.26. The second kappa shape index (κ2) is 9.31. The van der Waals surface area contributed by atoms with Crippen LogP contribution in [0.5, 0.6) is 0 Å². The van der Waals surface area contributed by atoms with E-state index in [0.29, 0.717) is 17.0 Å². The van der Waals surface area contributed by atoms with Gasteiger partial charge in [-0.3, -0.25) is 9.59 Å². The summed E-state index contributed by atoms with van der Waals surface area (Å²) in [7, 11) is 0. The molecule has 32 heavy (non-hydrogen) atoms. The van der Waals surface area contributed by atoms with Crippen molar-refractivity contribution in [1.82, 2.24) is 0 Å². The Bertz CT molecular complexity index is 1250. The van der Waals surface area contributed by atoms with Crippen LogP contribution in [0.25, 0.3) is 11.1 Å². The zero-order valence-electron chi connectivity index (χ0n) is 17.4. The average Bonchev–Trinajstić information content (AvgIpc) is 3.23. The Labute approximate surface area is 184 Å². The molecule has 0 aliphatic rings. The van der Waals surface area contributed by atoms with Gasteiger partial charge in [-0.25, -0.2) is 4.39 Å². The fraction of sp³-hybridized carbons (Fsp3) is 0.0769. The van der Waals surface area contributed by atoms with Crippen molar-refractivity contribution in [2.45, 2.75) is 13.3 Å². The lowest BCUT2D eigenvalue weighted by molar-refractivity contribution is -0.115. The molecular formula is C26H21FN2O3. The molecule has 0 aliphatic carbocycles. The summed E-state index contributed by atoms with van der Waals surface area (Å²) in [4.78, 5) is 24.8. The van der Waals surface area contributed by atoms with Crippen LogP contribution in [-0.2, 0) is 11.2 Å². The highest BCUT2D eigenvalue weighted by Gasteiger charge is 2.15. The van der Waals surface area contributed by atoms with Gasteiger partial charge in [0, 0.05) is 5.69 Å². The monoisotopic (exact) mass is 428 g/mol. The summed E-state index contributed by atoms with van der Waals surface area (Å²) in [5.74, 6) is -0.899. The molecule has 0 fully saturated rings. The summed E-state index contributed by atoms with van der Waals surface area (Å²) >= 11 is 0. The number of hydrogen-bond acceptors (Lipinski definition) is 3. The molecule has 0 atom stereocenters. The number of rotatable bonds is 6. The maximum Gasteiger partial charge on any atom is 0.259 e. The summed E-state index contributed by atoms with van der Waals surface area (Å²) in [5.41, 5.74) is 3.71. The molecule has 0 saturated carbocycles. The van der Waals surface area contributed by atoms with Crippen LogP contribution in [0.2, 0.25) is 0 Å². The van der Waals surface area contributed by atoms with Crippen LogP contribution in [0.3, 0.4) is 0 Å². The van der Waals surface area contributed by atoms with E-state index in [1.54, 1.807) is 6.92 Å². The quantitative estimate of drug-likeness (QED) is 0.406. The molecule has 0 spiro atoms. The Morgan fingerprint density at radius 3 is 2.28 bits per heavy atom. The molecule has 1 heterocycles. The third kappa shape index (κ3) is 4.92. The van der Waals surface area contributed by atoms with E-state index in [0.717, 1.165) is 16.7 Å². The van der Waals surface area contributed by atoms with Gasteiger partial charge in [-0.1, -0.05) is 54.6 Å². The van der Waals surface area contributed by atoms with Gasteiger partial charge in [-0.15, -0.1) is 0 Å². The van der Waals surface area contributed by atoms with Gasteiger partial charge < -0.3 is 15.1 Å². The summed E-state index contributed by atoms with van der Waals surface area (Å²) in [6.07, 6.45) is 1.56. The lowest BCUT2D eigenvalue weighted by Gasteiger charge is -2.10. The average molecular weight is 428 g/mol. The minimum atomic E-state index is -0.603. The first-order valence-electron chi connectivity index (χ1n) is 10.1. The van der Waals surface area contributed by atoms with Crippen molar-refractivity contribution in [1.29, 1.82) is 0 Å². The predicted octanol–water partition coefficient (Wildman–Crippen LogP) is 5.83. The van der Waals surface area contributed by atoms with Crippen molar-refractivity contribution in [3.63, 3.8) is 0 Å². The van der Waals surface area contributed by atoms with Crippen molar-refractivity contribution in [3.8, 4) is 11.1 Å². The van der Waals surface area contributed by atoms with E-state index < -0.39 is 11.7 Å². The van der Waals surface area contributed by atoms with Gasteiger partial charge in [-0.05, 0) is 47.9 Å². The summed E-state index contributed by atoms with van der Waals surface area (Å²) in [6, 6.07) is 23.3. The molecule has 4 aromatic rings. The highest BCUT2D eigenvalue weighted by Crippen LogP contribution is 2.22. The van der Waals surface area contributed by atoms with Gasteiger partial charge in [0.05, 0.1) is 23.9 Å². The molecule has 4 rings (SSSR count). The number of hydrogen-bond donors (Lipinski definition) is 2. The zero-order chi connectivity index (χ0) is 22.5. The first-order valence-corrected chi connectivity index (χ1v) is 10.1. The van der Waals surface area contributed by atoms with Crippen LogP contribution in [0, 0.1) is 12.7 Å². The number of anilines is 2. The maximum absolute atomic E-state index is 14.2. The lowest BCUT2D eigenvalue weighted by Crippen LogP contribution is -2.16. The molecule has 1 aromatic heterocycles. The number of furan rings is 1. The molecule has 2 N–H and O–H groups in total. The number of aryl methyl sites for hydroxylation is 1. The molecule has 0 saturated heterocycles. The number of carbonyl (C=O) groups is 2. The highest BCUT2D eigenvalue weighted by molar-refractivity contribution is 6.05. The van der Waals surface area contributed by atoms with Crippen LogP contribution in [-0.4, -0.2) is 11.8 Å². The van der Waals surface area contributed by atoms with Crippen LogP contribution in [0.4, 0.5) is 15.8 Å². The standard InChI is InChI=1S/C26H21FN2O3/c1-17-22(13-14-32-17)26(31)29-24-16-21(11-12-23(24)27)28-25(30)15-18-7-9-20(10-8-18)19-5-3-2-4-6-19/h2-14,16H,15H2,1H3,(H,28,30)(H,29,31). The molecule has 3 aromatic carbocycles. The minimum Gasteiger partial charge on any atom is -0.469 e. The predicted molar refractivity (Wildman–Crippen MR) is 122 cm³/mol. The normalized spacial score (nSPS) is 10.6. The molecule has 6 heteroatoms. The van der Waals surface area contributed by atoms with Crippen molar-refractivity contribution in [3.05, 3.63) is 108 Å². The van der Waals surface area contributed by atoms with Crippen molar-refractivity contribution in [2.24, 2.45) is 0 Å². The van der Waals surface area contributed by atoms with Crippen LogP contribution in [0.15, 0.2) is 89.5 Å². The van der Waals surface area contributed by atoms with Crippen LogP contribution < -0.4 is 10.6 Å². The Morgan fingerprint density at radius 1 is 0.875 bits per heavy atom. The topological polar surface area (TPSA) is 71.3 Å². The molecule has 2 amide bonds. The van der Waals surface area contributed by atoms with Gasteiger partial charge >= 0.3 is 0 Å². The summed E-state index contributed by atoms with van der Waals surface area (Å²) < 4.78 is 19.3. The smallest absolute Gasteiger partial charge is 0.259 e. The number of halogens is 1. The molecule has 0 aliphatic heterocycles. The van der Waals surface area contributed by atoms with E-state index in [1.807, 2.05) is 54.6 Å². The number of amides is 2. The SMILES string of the molecule is Cc1occc1C(=O)Nc1cc(NC(=O)Cc2ccc(-c3ccccc3)cc2)ccc1F. The minimum absolute atomic E-state index is 0.0272. The first-order chi connectivity index (χ1) is 15.5. The second-order valence-corrected chi connectivity index (χ2v) is 7.33. The number of carbonyl (C=O) groups excluding carboxylic acids is 2. The second-order valence-electron chi connectivity index (χ2n) is 7.33. The van der Waals surface area contributed by atoms with Gasteiger partial charge in [-0.2, -0.15) is 0 Å². The zero-order valence-corrected chi connectivity index (χ0v) is 17.4. The van der Waals surface area contributed by atoms with Crippen LogP contribution in [0.1, 0.15) is 21.7 Å². The maximum atomic E-state index is 14.2. The van der Waals surface area contributed by atoms with Crippen LogP contribution >= 0.6 is 0 Å². The molecule has 0 radical (unpaired) electrons. The van der Waals surface area contributed by atoms with E-state index in [4.69, 9.17) is 4.42 Å². The van der Waals surface area contributed by atoms with Gasteiger partial charge in [0.25, 0.3) is 5.91 Å². The van der Waals surface area contributed by atoms with E-state index in [1.165, 1.54) is 30.5 Å². The number of nitrogens with one attached hydrogen (secondary N) is 2. The van der Waals surface area contributed by atoms with Gasteiger partial charge in [0.15, 0.2) is 0 Å². The molecule has 0 bridgehead atoms. The van der Waals surface area contributed by atoms with Gasteiger partial charge in [0.1, 0.15) is 11.6 Å². The van der Waals surface area contributed by atoms with Gasteiger partial charge in [0.2, 0.25) is 5.91 Å². The third-order valence-corrected chi connectivity index (χ3v) is 5.03. The van der Waals surface area contributed by atoms with Crippen molar-refractivity contribution >= 4 is 23.2 Å². The van der Waals surface area contributed by atoms with E-state index >= 15 is 0 Å². The lowest BCUT2D eigenvalue weighted by atomic mass is 10.0. The molecule has 0 unspecified atom stereocenters. The Hall–Kier alpha value is -4.19. The van der Waals surface area contributed by atoms with E-state index in [-0.39, 0.29) is 18.0 Å². The molecular weight excluding hydrogens is 407 g/mol. The Kier molecular flexibility index (Phi) is 6.12. The Balaban J connectivity index is 1.40. The first kappa shape index (κ1) is 21.1. The van der Waals surface area contributed by atoms with Crippen molar-refractivity contribution < 1.29 is 18.4 Å². The molecule has 160 valence electrons. The summed E-state index contributed by atoms with van der Waals surface area (Å²) in [6.45, 7) is 1.65. The fourth-order valence-electron chi connectivity index (χ4n) is 3.35. The highest BCUT2D eigenvalue weighted by atomic mass is 19.1. The third-order valence-electron chi connectivity index (χ3n) is 5.03. The van der Waals surface area contributed by atoms with Crippen molar-refractivity contribution in [2.75, 3.05) is 10.6 Å².